The molecule has 0 saturated carbocycles. The van der Waals surface area contributed by atoms with Gasteiger partial charge in [-0.2, -0.15) is 5.26 Å². The lowest BCUT2D eigenvalue weighted by Crippen LogP contribution is -2.12. The van der Waals surface area contributed by atoms with Gasteiger partial charge in [0.1, 0.15) is 17.9 Å². The Bertz CT molecular complexity index is 1450. The fourth-order valence-electron chi connectivity index (χ4n) is 2.09. The fraction of sp³-hybridized carbons (Fsp3) is 0.136. The van der Waals surface area contributed by atoms with Gasteiger partial charge in [0.2, 0.25) is 20.0 Å². The van der Waals surface area contributed by atoms with Crippen LogP contribution >= 0.6 is 0 Å². The molecule has 0 heterocycles. The Balaban J connectivity index is 0.000000586. The predicted octanol–water partition coefficient (Wildman–Crippen LogP) is 0.639. The molecule has 0 aliphatic carbocycles. The van der Waals surface area contributed by atoms with Gasteiger partial charge in [-0.3, -0.25) is 4.79 Å². The molecular formula is C22H22N4O9S2. The number of hydrogen-bond acceptors (Lipinski definition) is 10. The zero-order valence-corrected chi connectivity index (χ0v) is 21.2. The highest BCUT2D eigenvalue weighted by Crippen LogP contribution is 2.13. The molecule has 2 rings (SSSR count). The van der Waals surface area contributed by atoms with Gasteiger partial charge in [0.25, 0.3) is 0 Å². The summed E-state index contributed by atoms with van der Waals surface area (Å²) < 4.78 is 52.3. The molecule has 0 amide bonds. The minimum absolute atomic E-state index is 0.0490. The maximum atomic E-state index is 11.2. The van der Waals surface area contributed by atoms with Gasteiger partial charge in [-0.05, 0) is 35.9 Å². The number of hydrogen-bond donors (Lipinski definition) is 2. The third-order valence-corrected chi connectivity index (χ3v) is 5.60. The molecule has 0 bridgehead atoms. The van der Waals surface area contributed by atoms with E-state index in [9.17, 15) is 31.2 Å². The first-order valence-electron chi connectivity index (χ1n) is 9.54. The van der Waals surface area contributed by atoms with E-state index in [4.69, 9.17) is 22.1 Å². The normalized spacial score (nSPS) is 10.6. The number of benzene rings is 2. The van der Waals surface area contributed by atoms with Crippen molar-refractivity contribution in [3.05, 3.63) is 76.6 Å². The summed E-state index contributed by atoms with van der Waals surface area (Å²) in [5, 5.41) is 18.6. The van der Waals surface area contributed by atoms with Crippen LogP contribution in [0.2, 0.25) is 0 Å². The molecule has 0 aliphatic rings. The number of nitrogens with two attached hydrogens (primary N) is 2. The second-order valence-corrected chi connectivity index (χ2v) is 9.53. The standard InChI is InChI=1S/C11H10N2O4S.C7H7NO3S.C4H5NO2/c1-17-11(14)9(7-12)5-8-3-2-4-10(6-8)18(13,15)16;8-12(10,11)7-3-1-2-6(4-7)5-9;1-5-3-4(6)7-2/h2-6H,1H3,(H2,13,15,16);1-5H,(H2,8,10,11);3H2,2H3/b9-5+;;. The number of primary sulfonamides is 2. The predicted molar refractivity (Wildman–Crippen MR) is 130 cm³/mol. The molecule has 0 radical (unpaired) electrons. The van der Waals surface area contributed by atoms with Crippen molar-refractivity contribution in [2.45, 2.75) is 9.79 Å². The van der Waals surface area contributed by atoms with Crippen molar-refractivity contribution in [2.75, 3.05) is 20.8 Å². The van der Waals surface area contributed by atoms with Crippen molar-refractivity contribution in [2.24, 2.45) is 10.3 Å². The van der Waals surface area contributed by atoms with Crippen LogP contribution in [0.15, 0.2) is 63.9 Å². The van der Waals surface area contributed by atoms with Crippen LogP contribution in [0.5, 0.6) is 0 Å². The number of aldehydes is 1. The Morgan fingerprint density at radius 1 is 0.973 bits per heavy atom. The highest BCUT2D eigenvalue weighted by molar-refractivity contribution is 7.89. The zero-order valence-electron chi connectivity index (χ0n) is 19.5. The van der Waals surface area contributed by atoms with Crippen molar-refractivity contribution >= 4 is 44.3 Å². The van der Waals surface area contributed by atoms with Crippen LogP contribution in [-0.4, -0.2) is 55.8 Å². The number of ether oxygens (including phenoxy) is 2. The topological polar surface area (TPSA) is 218 Å². The Kier molecular flexibility index (Phi) is 13.7. The molecule has 2 aromatic rings. The number of sulfonamides is 2. The molecule has 37 heavy (non-hydrogen) atoms. The summed E-state index contributed by atoms with van der Waals surface area (Å²) >= 11 is 0. The number of carbonyl (C=O) groups excluding carboxylic acids is 3. The van der Waals surface area contributed by atoms with Gasteiger partial charge in [-0.15, -0.1) is 0 Å². The largest absolute Gasteiger partial charge is 0.465 e. The monoisotopic (exact) mass is 550 g/mol. The van der Waals surface area contributed by atoms with E-state index in [0.717, 1.165) is 7.11 Å². The van der Waals surface area contributed by atoms with Gasteiger partial charge in [0.05, 0.1) is 24.0 Å². The highest BCUT2D eigenvalue weighted by atomic mass is 32.2. The lowest BCUT2D eigenvalue weighted by molar-refractivity contribution is -0.138. The molecule has 15 heteroatoms. The average Bonchev–Trinajstić information content (AvgIpc) is 2.87. The lowest BCUT2D eigenvalue weighted by Gasteiger charge is -2.00. The Morgan fingerprint density at radius 3 is 1.81 bits per heavy atom. The van der Waals surface area contributed by atoms with Crippen molar-refractivity contribution in [1.29, 1.82) is 5.26 Å². The molecule has 0 spiro atoms. The van der Waals surface area contributed by atoms with Crippen LogP contribution in [0.4, 0.5) is 0 Å². The molecule has 4 N–H and O–H groups in total. The first-order chi connectivity index (χ1) is 17.2. The molecule has 0 aromatic heterocycles. The van der Waals surface area contributed by atoms with Gasteiger partial charge in [0.15, 0.2) is 0 Å². The third kappa shape index (κ3) is 12.7. The van der Waals surface area contributed by atoms with Crippen molar-refractivity contribution < 1.29 is 40.7 Å². The minimum Gasteiger partial charge on any atom is -0.465 e. The summed E-state index contributed by atoms with van der Waals surface area (Å²) in [4.78, 5) is 34.0. The average molecular weight is 551 g/mol. The van der Waals surface area contributed by atoms with Gasteiger partial charge in [0, 0.05) is 5.56 Å². The maximum Gasteiger partial charge on any atom is 0.386 e. The maximum absolute atomic E-state index is 11.2. The number of methoxy groups -OCH3 is 2. The SMILES string of the molecule is COC(=O)/C(C#N)=C/c1cccc(S(N)(=O)=O)c1.NS(=O)(=O)c1cccc(C=O)c1.[C-]#[N+]CC(=O)OC. The van der Waals surface area contributed by atoms with E-state index in [1.54, 1.807) is 6.07 Å². The molecule has 2 aromatic carbocycles. The molecule has 0 saturated heterocycles. The van der Waals surface area contributed by atoms with E-state index in [-0.39, 0.29) is 21.9 Å². The second-order valence-electron chi connectivity index (χ2n) is 6.41. The zero-order chi connectivity index (χ0) is 28.6. The molecule has 0 atom stereocenters. The lowest BCUT2D eigenvalue weighted by atomic mass is 10.1. The van der Waals surface area contributed by atoms with Crippen molar-refractivity contribution in [3.63, 3.8) is 0 Å². The number of nitrogens with zero attached hydrogens (tertiary/aromatic N) is 2. The number of esters is 2. The summed E-state index contributed by atoms with van der Waals surface area (Å²) in [5.74, 6) is -1.27. The molecule has 13 nitrogen and oxygen atoms in total. The second kappa shape index (κ2) is 15.6. The number of carbonyl (C=O) groups is 3. The van der Waals surface area contributed by atoms with Gasteiger partial charge in [-0.25, -0.2) is 43.3 Å². The Labute approximate surface area is 213 Å². The molecule has 196 valence electrons. The van der Waals surface area contributed by atoms with Crippen molar-refractivity contribution in [1.82, 2.24) is 0 Å². The highest BCUT2D eigenvalue weighted by Gasteiger charge is 2.11. The smallest absolute Gasteiger partial charge is 0.386 e. The molecule has 0 aliphatic heterocycles. The first kappa shape index (κ1) is 32.6. The van der Waals surface area contributed by atoms with Gasteiger partial charge >= 0.3 is 18.5 Å². The van der Waals surface area contributed by atoms with E-state index in [1.165, 1.54) is 61.7 Å². The summed E-state index contributed by atoms with van der Waals surface area (Å²) in [7, 11) is -5.11. The Morgan fingerprint density at radius 2 is 1.46 bits per heavy atom. The third-order valence-electron chi connectivity index (χ3n) is 3.78. The Hall–Kier alpha value is -4.41. The summed E-state index contributed by atoms with van der Waals surface area (Å²) in [6.45, 7) is 5.99. The van der Waals surface area contributed by atoms with E-state index in [0.29, 0.717) is 17.4 Å². The van der Waals surface area contributed by atoms with Crippen LogP contribution in [0.1, 0.15) is 15.9 Å². The van der Waals surface area contributed by atoms with E-state index >= 15 is 0 Å². The van der Waals surface area contributed by atoms with Crippen LogP contribution in [-0.2, 0) is 39.1 Å². The molecule has 0 fully saturated rings. The van der Waals surface area contributed by atoms with Crippen molar-refractivity contribution in [3.8, 4) is 6.07 Å². The quantitative estimate of drug-likeness (QED) is 0.168. The van der Waals surface area contributed by atoms with E-state index in [2.05, 4.69) is 14.3 Å². The summed E-state index contributed by atoms with van der Waals surface area (Å²) in [6.07, 6.45) is 1.79. The van der Waals surface area contributed by atoms with Crippen LogP contribution in [0.25, 0.3) is 10.9 Å². The fourth-order valence-corrected chi connectivity index (χ4v) is 3.23. The first-order valence-corrected chi connectivity index (χ1v) is 12.6. The minimum atomic E-state index is -3.82. The summed E-state index contributed by atoms with van der Waals surface area (Å²) in [6, 6.07) is 12.8. The van der Waals surface area contributed by atoms with E-state index in [1.807, 2.05) is 0 Å². The summed E-state index contributed by atoms with van der Waals surface area (Å²) in [5.41, 5.74) is 0.425. The van der Waals surface area contributed by atoms with Crippen LogP contribution < -0.4 is 10.3 Å². The van der Waals surface area contributed by atoms with Crippen LogP contribution in [0, 0.1) is 17.9 Å². The van der Waals surface area contributed by atoms with Gasteiger partial charge < -0.3 is 14.3 Å². The number of nitriles is 1. The molecule has 0 unspecified atom stereocenters. The van der Waals surface area contributed by atoms with Crippen LogP contribution in [0.3, 0.4) is 0 Å². The number of rotatable bonds is 6. The molecular weight excluding hydrogens is 528 g/mol. The van der Waals surface area contributed by atoms with E-state index < -0.39 is 32.0 Å². The van der Waals surface area contributed by atoms with Gasteiger partial charge in [-0.1, -0.05) is 24.3 Å².